The number of anilines is 1. The fourth-order valence-corrected chi connectivity index (χ4v) is 3.93. The second-order valence-electron chi connectivity index (χ2n) is 7.96. The zero-order valence-electron chi connectivity index (χ0n) is 18.3. The summed E-state index contributed by atoms with van der Waals surface area (Å²) in [7, 11) is 0. The number of benzene rings is 2. The number of H-pyrrole nitrogens is 1. The minimum absolute atomic E-state index is 0.0471. The number of nitriles is 1. The lowest BCUT2D eigenvalue weighted by Crippen LogP contribution is -2.04. The minimum atomic E-state index is -4.41. The molecule has 3 heterocycles. The van der Waals surface area contributed by atoms with Gasteiger partial charge in [-0.15, -0.1) is 5.10 Å². The van der Waals surface area contributed by atoms with E-state index in [4.69, 9.17) is 5.73 Å². The molecule has 5 aromatic rings. The van der Waals surface area contributed by atoms with Crippen LogP contribution in [0.25, 0.3) is 33.5 Å². The van der Waals surface area contributed by atoms with Gasteiger partial charge in [0.2, 0.25) is 5.95 Å². The first-order chi connectivity index (χ1) is 16.7. The van der Waals surface area contributed by atoms with Crippen LogP contribution in [0.2, 0.25) is 0 Å². The zero-order chi connectivity index (χ0) is 24.7. The lowest BCUT2D eigenvalue weighted by Gasteiger charge is -2.08. The van der Waals surface area contributed by atoms with Crippen LogP contribution in [0.1, 0.15) is 22.3 Å². The SMILES string of the molecule is Cc1c(C#N)cccc1-c1cc(-c2cn(Cc3c[nH]c4cc(C(F)(F)F)ccc34)nn2)nc(N)n1. The van der Waals surface area contributed by atoms with E-state index in [0.717, 1.165) is 28.8 Å². The van der Waals surface area contributed by atoms with Gasteiger partial charge < -0.3 is 10.7 Å². The van der Waals surface area contributed by atoms with Gasteiger partial charge in [0.25, 0.3) is 0 Å². The van der Waals surface area contributed by atoms with Crippen molar-refractivity contribution in [1.29, 1.82) is 5.26 Å². The fourth-order valence-electron chi connectivity index (χ4n) is 3.93. The molecule has 5 rings (SSSR count). The predicted octanol–water partition coefficient (Wildman–Crippen LogP) is 4.71. The van der Waals surface area contributed by atoms with Crippen LogP contribution in [0.5, 0.6) is 0 Å². The van der Waals surface area contributed by atoms with Crippen molar-refractivity contribution in [2.45, 2.75) is 19.6 Å². The summed E-state index contributed by atoms with van der Waals surface area (Å²) in [4.78, 5) is 11.5. The smallest absolute Gasteiger partial charge is 0.368 e. The summed E-state index contributed by atoms with van der Waals surface area (Å²) in [5, 5.41) is 18.3. The molecule has 35 heavy (non-hydrogen) atoms. The number of nitrogens with two attached hydrogens (primary N) is 1. The molecule has 3 N–H and O–H groups in total. The van der Waals surface area contributed by atoms with Crippen LogP contribution in [-0.2, 0) is 12.7 Å². The summed E-state index contributed by atoms with van der Waals surface area (Å²) in [6.45, 7) is 2.12. The first-order valence-electron chi connectivity index (χ1n) is 10.5. The minimum Gasteiger partial charge on any atom is -0.368 e. The number of hydrogen-bond acceptors (Lipinski definition) is 6. The molecular formula is C24H17F3N8. The quantitative estimate of drug-likeness (QED) is 0.389. The molecule has 0 unspecified atom stereocenters. The first-order valence-corrected chi connectivity index (χ1v) is 10.5. The highest BCUT2D eigenvalue weighted by Crippen LogP contribution is 2.32. The molecule has 174 valence electrons. The van der Waals surface area contributed by atoms with Gasteiger partial charge in [0.05, 0.1) is 41.3 Å². The average Bonchev–Trinajstić information content (AvgIpc) is 3.45. The molecule has 0 spiro atoms. The Morgan fingerprint density at radius 3 is 2.66 bits per heavy atom. The molecule has 0 aliphatic rings. The summed E-state index contributed by atoms with van der Waals surface area (Å²) in [6.07, 6.45) is -1.09. The Labute approximate surface area is 196 Å². The Balaban J connectivity index is 1.45. The number of fused-ring (bicyclic) bond motifs is 1. The predicted molar refractivity (Wildman–Crippen MR) is 123 cm³/mol. The van der Waals surface area contributed by atoms with Gasteiger partial charge in [-0.25, -0.2) is 14.6 Å². The molecule has 3 aromatic heterocycles. The van der Waals surface area contributed by atoms with Crippen molar-refractivity contribution < 1.29 is 13.2 Å². The summed E-state index contributed by atoms with van der Waals surface area (Å²) in [5.74, 6) is 0.0471. The van der Waals surface area contributed by atoms with Crippen molar-refractivity contribution in [3.63, 3.8) is 0 Å². The Bertz CT molecular complexity index is 1610. The van der Waals surface area contributed by atoms with Crippen LogP contribution >= 0.6 is 0 Å². The van der Waals surface area contributed by atoms with Crippen LogP contribution in [0, 0.1) is 18.3 Å². The van der Waals surface area contributed by atoms with Crippen molar-refractivity contribution in [3.05, 3.63) is 77.1 Å². The van der Waals surface area contributed by atoms with E-state index in [1.54, 1.807) is 35.3 Å². The molecule has 0 saturated carbocycles. The third-order valence-electron chi connectivity index (χ3n) is 5.70. The average molecular weight is 474 g/mol. The van der Waals surface area contributed by atoms with Gasteiger partial charge in [-0.1, -0.05) is 23.4 Å². The van der Waals surface area contributed by atoms with E-state index in [1.165, 1.54) is 6.07 Å². The number of nitrogens with one attached hydrogen (secondary N) is 1. The summed E-state index contributed by atoms with van der Waals surface area (Å²) < 4.78 is 40.5. The largest absolute Gasteiger partial charge is 0.416 e. The summed E-state index contributed by atoms with van der Waals surface area (Å²) in [5.41, 5.74) is 9.90. The highest BCUT2D eigenvalue weighted by atomic mass is 19.4. The van der Waals surface area contributed by atoms with Crippen molar-refractivity contribution in [1.82, 2.24) is 29.9 Å². The van der Waals surface area contributed by atoms with Gasteiger partial charge in [-0.2, -0.15) is 18.4 Å². The lowest BCUT2D eigenvalue weighted by molar-refractivity contribution is -0.137. The molecule has 11 heteroatoms. The maximum Gasteiger partial charge on any atom is 0.416 e. The van der Waals surface area contributed by atoms with E-state index < -0.39 is 11.7 Å². The van der Waals surface area contributed by atoms with Crippen molar-refractivity contribution in [3.8, 4) is 28.7 Å². The number of alkyl halides is 3. The molecular weight excluding hydrogens is 457 g/mol. The molecule has 0 bridgehead atoms. The van der Waals surface area contributed by atoms with E-state index in [-0.39, 0.29) is 12.5 Å². The molecule has 0 aliphatic heterocycles. The highest BCUT2D eigenvalue weighted by molar-refractivity contribution is 5.84. The zero-order valence-corrected chi connectivity index (χ0v) is 18.3. The standard InChI is InChI=1S/C24H17F3N8/c1-13-14(9-28)3-2-4-17(13)20-8-21(32-23(29)31-20)22-12-35(34-33-22)11-15-10-30-19-7-16(24(25,26)27)5-6-18(15)19/h2-8,10,12,30H,11H2,1H3,(H2,29,31,32). The van der Waals surface area contributed by atoms with Crippen LogP contribution in [0.3, 0.4) is 0 Å². The van der Waals surface area contributed by atoms with Gasteiger partial charge in [0.1, 0.15) is 5.69 Å². The monoisotopic (exact) mass is 474 g/mol. The Morgan fingerprint density at radius 2 is 1.89 bits per heavy atom. The number of nitrogen functional groups attached to an aromatic ring is 1. The molecule has 0 fully saturated rings. The highest BCUT2D eigenvalue weighted by Gasteiger charge is 2.30. The van der Waals surface area contributed by atoms with E-state index in [9.17, 15) is 18.4 Å². The second kappa shape index (κ2) is 8.25. The van der Waals surface area contributed by atoms with Gasteiger partial charge in [0, 0.05) is 22.7 Å². The first kappa shape index (κ1) is 22.1. The van der Waals surface area contributed by atoms with Gasteiger partial charge in [-0.3, -0.25) is 0 Å². The molecule has 0 aliphatic carbocycles. The normalized spacial score (nSPS) is 11.6. The van der Waals surface area contributed by atoms with Gasteiger partial charge >= 0.3 is 6.18 Å². The Morgan fingerprint density at radius 1 is 1.09 bits per heavy atom. The van der Waals surface area contributed by atoms with Crippen molar-refractivity contribution in [2.75, 3.05) is 5.73 Å². The fraction of sp³-hybridized carbons (Fsp3) is 0.125. The number of aromatic amines is 1. The van der Waals surface area contributed by atoms with E-state index in [2.05, 4.69) is 31.3 Å². The van der Waals surface area contributed by atoms with Crippen LogP contribution < -0.4 is 5.73 Å². The van der Waals surface area contributed by atoms with Gasteiger partial charge in [0.15, 0.2) is 0 Å². The number of rotatable bonds is 4. The number of hydrogen-bond donors (Lipinski definition) is 2. The van der Waals surface area contributed by atoms with Gasteiger partial charge in [-0.05, 0) is 42.3 Å². The van der Waals surface area contributed by atoms with E-state index >= 15 is 0 Å². The molecule has 0 saturated heterocycles. The van der Waals surface area contributed by atoms with Crippen LogP contribution in [0.4, 0.5) is 19.1 Å². The Hall–Kier alpha value is -4.72. The molecule has 0 atom stereocenters. The molecule has 8 nitrogen and oxygen atoms in total. The van der Waals surface area contributed by atoms with E-state index in [1.807, 2.05) is 13.0 Å². The maximum absolute atomic E-state index is 13.0. The maximum atomic E-state index is 13.0. The third kappa shape index (κ3) is 4.17. The van der Waals surface area contributed by atoms with Crippen molar-refractivity contribution >= 4 is 16.9 Å². The molecule has 2 aromatic carbocycles. The molecule has 0 radical (unpaired) electrons. The number of nitrogens with zero attached hydrogens (tertiary/aromatic N) is 6. The van der Waals surface area contributed by atoms with Crippen LogP contribution in [-0.4, -0.2) is 29.9 Å². The number of aromatic nitrogens is 6. The second-order valence-corrected chi connectivity index (χ2v) is 7.96. The number of halogens is 3. The third-order valence-corrected chi connectivity index (χ3v) is 5.70. The summed E-state index contributed by atoms with van der Waals surface area (Å²) in [6, 6.07) is 12.8. The Kier molecular flexibility index (Phi) is 5.21. The van der Waals surface area contributed by atoms with E-state index in [0.29, 0.717) is 33.5 Å². The molecule has 0 amide bonds. The topological polar surface area (TPSA) is 122 Å². The lowest BCUT2D eigenvalue weighted by atomic mass is 10.00. The summed E-state index contributed by atoms with van der Waals surface area (Å²) >= 11 is 0. The van der Waals surface area contributed by atoms with Crippen LogP contribution in [0.15, 0.2) is 54.9 Å². The van der Waals surface area contributed by atoms with Crippen molar-refractivity contribution in [2.24, 2.45) is 0 Å².